The highest BCUT2D eigenvalue weighted by Gasteiger charge is 2.44. The van der Waals surface area contributed by atoms with Gasteiger partial charge < -0.3 is 14.4 Å². The highest BCUT2D eigenvalue weighted by Crippen LogP contribution is 2.48. The molecule has 3 heterocycles. The summed E-state index contributed by atoms with van der Waals surface area (Å²) in [6.07, 6.45) is 2.42. The van der Waals surface area contributed by atoms with Crippen LogP contribution in [0.5, 0.6) is 6.01 Å². The molecular formula is C30H22ClF4N5O3. The number of carboxylic acid groups (broad SMARTS) is 1. The minimum absolute atomic E-state index is 0.0231. The van der Waals surface area contributed by atoms with Gasteiger partial charge in [-0.15, -0.1) is 0 Å². The Hall–Kier alpha value is -4.58. The standard InChI is InChI=1S/C30H22ClF4N5O3/c31-18-2-1-16(20(33)11-18)13-43-29-36-8-5-23(39-29)19-12-21(34)17(9-22(19)35)10-26-37-24-3-4-25(28(41)42)38-27(24)40(26)15-30(14-32)6-7-30/h1-5,8-9,11-12H,6-7,10,13-15H2,(H,41,42). The van der Waals surface area contributed by atoms with E-state index in [1.54, 1.807) is 4.57 Å². The fourth-order valence-corrected chi connectivity index (χ4v) is 4.91. The van der Waals surface area contributed by atoms with Gasteiger partial charge in [0.2, 0.25) is 0 Å². The van der Waals surface area contributed by atoms with Crippen LogP contribution in [0.1, 0.15) is 40.3 Å². The zero-order valence-corrected chi connectivity index (χ0v) is 23.1. The molecule has 0 radical (unpaired) electrons. The zero-order valence-electron chi connectivity index (χ0n) is 22.3. The lowest BCUT2D eigenvalue weighted by Gasteiger charge is -2.15. The van der Waals surface area contributed by atoms with Gasteiger partial charge in [-0.25, -0.2) is 32.9 Å². The van der Waals surface area contributed by atoms with E-state index in [-0.39, 0.29) is 64.3 Å². The average molecular weight is 612 g/mol. The number of aromatic carboxylic acids is 1. The summed E-state index contributed by atoms with van der Waals surface area (Å²) < 4.78 is 65.8. The Kier molecular flexibility index (Phi) is 7.47. The van der Waals surface area contributed by atoms with Gasteiger partial charge in [-0.1, -0.05) is 17.7 Å². The number of aromatic nitrogens is 5. The van der Waals surface area contributed by atoms with Crippen LogP contribution in [0.15, 0.2) is 54.7 Å². The molecule has 0 amide bonds. The number of fused-ring (bicyclic) bond motifs is 1. The second-order valence-corrected chi connectivity index (χ2v) is 10.9. The first-order valence-electron chi connectivity index (χ1n) is 13.2. The fraction of sp³-hybridized carbons (Fsp3) is 0.233. The van der Waals surface area contributed by atoms with E-state index in [1.165, 1.54) is 36.5 Å². The lowest BCUT2D eigenvalue weighted by atomic mass is 10.0. The predicted molar refractivity (Wildman–Crippen MR) is 148 cm³/mol. The van der Waals surface area contributed by atoms with Crippen LogP contribution in [0.2, 0.25) is 5.02 Å². The number of imidazole rings is 1. The Morgan fingerprint density at radius 3 is 2.49 bits per heavy atom. The van der Waals surface area contributed by atoms with Crippen molar-refractivity contribution in [3.8, 4) is 17.3 Å². The van der Waals surface area contributed by atoms with Crippen molar-refractivity contribution in [1.82, 2.24) is 24.5 Å². The van der Waals surface area contributed by atoms with Gasteiger partial charge in [0.25, 0.3) is 0 Å². The first-order chi connectivity index (χ1) is 20.6. The van der Waals surface area contributed by atoms with E-state index in [1.807, 2.05) is 0 Å². The number of nitrogens with zero attached hydrogens (tertiary/aromatic N) is 5. The van der Waals surface area contributed by atoms with Gasteiger partial charge in [-0.05, 0) is 60.9 Å². The van der Waals surface area contributed by atoms with Crippen molar-refractivity contribution >= 4 is 28.7 Å². The molecule has 6 rings (SSSR count). The maximum atomic E-state index is 15.4. The first kappa shape index (κ1) is 28.5. The monoisotopic (exact) mass is 611 g/mol. The summed E-state index contributed by atoms with van der Waals surface area (Å²) >= 11 is 5.77. The first-order valence-corrected chi connectivity index (χ1v) is 13.6. The van der Waals surface area contributed by atoms with Crippen molar-refractivity contribution in [2.24, 2.45) is 5.41 Å². The summed E-state index contributed by atoms with van der Waals surface area (Å²) in [4.78, 5) is 28.3. The summed E-state index contributed by atoms with van der Waals surface area (Å²) in [5.74, 6) is -3.03. The Labute approximate surface area is 247 Å². The number of alkyl halides is 1. The summed E-state index contributed by atoms with van der Waals surface area (Å²) in [6.45, 7) is -0.616. The predicted octanol–water partition coefficient (Wildman–Crippen LogP) is 6.58. The van der Waals surface area contributed by atoms with Crippen LogP contribution < -0.4 is 4.74 Å². The van der Waals surface area contributed by atoms with Crippen LogP contribution >= 0.6 is 11.6 Å². The number of halogens is 5. The summed E-state index contributed by atoms with van der Waals surface area (Å²) in [6, 6.07) is 10.1. The maximum absolute atomic E-state index is 15.4. The number of rotatable bonds is 10. The molecule has 8 nitrogen and oxygen atoms in total. The van der Waals surface area contributed by atoms with Crippen molar-refractivity contribution < 1.29 is 32.2 Å². The molecule has 0 spiro atoms. The molecule has 0 bridgehead atoms. The van der Waals surface area contributed by atoms with Gasteiger partial charge in [0.15, 0.2) is 11.3 Å². The summed E-state index contributed by atoms with van der Waals surface area (Å²) in [5.41, 5.74) is -0.160. The lowest BCUT2D eigenvalue weighted by molar-refractivity contribution is 0.0690. The van der Waals surface area contributed by atoms with Gasteiger partial charge >= 0.3 is 12.0 Å². The molecule has 1 aliphatic rings. The number of carbonyl (C=O) groups is 1. The molecule has 43 heavy (non-hydrogen) atoms. The molecule has 13 heteroatoms. The van der Waals surface area contributed by atoms with E-state index in [0.717, 1.165) is 18.2 Å². The number of pyridine rings is 1. The minimum atomic E-state index is -1.23. The third-order valence-corrected chi connectivity index (χ3v) is 7.63. The lowest BCUT2D eigenvalue weighted by Crippen LogP contribution is -2.17. The zero-order chi connectivity index (χ0) is 30.3. The molecule has 0 saturated heterocycles. The van der Waals surface area contributed by atoms with Crippen molar-refractivity contribution in [1.29, 1.82) is 0 Å². The molecule has 0 aliphatic heterocycles. The SMILES string of the molecule is O=C(O)c1ccc2nc(Cc3cc(F)c(-c4ccnc(OCc5ccc(Cl)cc5F)n4)cc3F)n(CC3(CF)CC3)c2n1. The minimum Gasteiger partial charge on any atom is -0.477 e. The average Bonchev–Trinajstić information content (AvgIpc) is 3.69. The number of benzene rings is 2. The topological polar surface area (TPSA) is 103 Å². The van der Waals surface area contributed by atoms with Crippen molar-refractivity contribution in [3.63, 3.8) is 0 Å². The Morgan fingerprint density at radius 2 is 1.77 bits per heavy atom. The smallest absolute Gasteiger partial charge is 0.354 e. The van der Waals surface area contributed by atoms with Gasteiger partial charge in [-0.2, -0.15) is 4.98 Å². The highest BCUT2D eigenvalue weighted by atomic mass is 35.5. The van der Waals surface area contributed by atoms with Crippen LogP contribution in [0.25, 0.3) is 22.4 Å². The van der Waals surface area contributed by atoms with Crippen LogP contribution in [0.3, 0.4) is 0 Å². The van der Waals surface area contributed by atoms with Gasteiger partial charge in [0.05, 0.1) is 12.4 Å². The maximum Gasteiger partial charge on any atom is 0.354 e. The molecule has 1 N–H and O–H groups in total. The summed E-state index contributed by atoms with van der Waals surface area (Å²) in [5, 5.41) is 9.62. The van der Waals surface area contributed by atoms with Gasteiger partial charge in [-0.3, -0.25) is 4.39 Å². The van der Waals surface area contributed by atoms with Crippen LogP contribution in [0.4, 0.5) is 17.6 Å². The molecule has 5 aromatic rings. The van der Waals surface area contributed by atoms with Crippen LogP contribution in [-0.4, -0.2) is 42.3 Å². The summed E-state index contributed by atoms with van der Waals surface area (Å²) in [7, 11) is 0. The van der Waals surface area contributed by atoms with E-state index >= 15 is 8.78 Å². The van der Waals surface area contributed by atoms with Crippen molar-refractivity contribution in [3.05, 3.63) is 99.8 Å². The van der Waals surface area contributed by atoms with Gasteiger partial charge in [0, 0.05) is 40.7 Å². The molecule has 2 aromatic carbocycles. The Bertz CT molecular complexity index is 1880. The molecule has 0 atom stereocenters. The van der Waals surface area contributed by atoms with Crippen molar-refractivity contribution in [2.75, 3.05) is 6.67 Å². The number of ether oxygens (including phenoxy) is 1. The normalized spacial score (nSPS) is 13.8. The molecule has 1 fully saturated rings. The number of hydrogen-bond donors (Lipinski definition) is 1. The van der Waals surface area contributed by atoms with Crippen LogP contribution in [0, 0.1) is 22.9 Å². The van der Waals surface area contributed by atoms with Crippen molar-refractivity contribution in [2.45, 2.75) is 32.4 Å². The second kappa shape index (κ2) is 11.3. The van der Waals surface area contributed by atoms with E-state index in [0.29, 0.717) is 24.2 Å². The quantitative estimate of drug-likeness (QED) is 0.178. The van der Waals surface area contributed by atoms with E-state index < -0.39 is 35.5 Å². The van der Waals surface area contributed by atoms with E-state index in [4.69, 9.17) is 16.3 Å². The third-order valence-electron chi connectivity index (χ3n) is 7.39. The largest absolute Gasteiger partial charge is 0.477 e. The molecular weight excluding hydrogens is 590 g/mol. The number of carboxylic acids is 1. The third kappa shape index (κ3) is 5.87. The highest BCUT2D eigenvalue weighted by molar-refractivity contribution is 6.30. The molecule has 1 saturated carbocycles. The Balaban J connectivity index is 1.28. The Morgan fingerprint density at radius 1 is 0.977 bits per heavy atom. The van der Waals surface area contributed by atoms with Crippen LogP contribution in [-0.2, 0) is 19.6 Å². The van der Waals surface area contributed by atoms with E-state index in [9.17, 15) is 18.7 Å². The second-order valence-electron chi connectivity index (χ2n) is 10.4. The molecule has 220 valence electrons. The molecule has 1 aliphatic carbocycles. The van der Waals surface area contributed by atoms with E-state index in [2.05, 4.69) is 19.9 Å². The number of hydrogen-bond acceptors (Lipinski definition) is 6. The van der Waals surface area contributed by atoms with Gasteiger partial charge in [0.1, 0.15) is 35.4 Å². The fourth-order valence-electron chi connectivity index (χ4n) is 4.75. The molecule has 3 aromatic heterocycles. The molecule has 0 unspecified atom stereocenters.